The molecule has 130 valence electrons. The molecule has 3 rings (SSSR count). The van der Waals surface area contributed by atoms with Crippen LogP contribution in [-0.2, 0) is 4.79 Å². The fourth-order valence-electron chi connectivity index (χ4n) is 2.31. The number of aromatic nitrogens is 1. The maximum absolute atomic E-state index is 12.1. The van der Waals surface area contributed by atoms with Gasteiger partial charge in [-0.2, -0.15) is 0 Å². The second-order valence-corrected chi connectivity index (χ2v) is 6.38. The number of thiazole rings is 1. The monoisotopic (exact) mass is 358 g/mol. The van der Waals surface area contributed by atoms with Gasteiger partial charge in [-0.25, -0.2) is 4.98 Å². The summed E-state index contributed by atoms with van der Waals surface area (Å²) in [6.07, 6.45) is 0. The lowest BCUT2D eigenvalue weighted by molar-refractivity contribution is -0.118. The molecule has 0 unspecified atom stereocenters. The molecule has 1 N–H and O–H groups in total. The molecule has 0 aliphatic heterocycles. The minimum Gasteiger partial charge on any atom is -0.497 e. The predicted molar refractivity (Wildman–Crippen MR) is 98.0 cm³/mol. The quantitative estimate of drug-likeness (QED) is 0.728. The number of nitrogens with zero attached hydrogens (tertiary/aromatic N) is 1. The molecule has 0 bridgehead atoms. The van der Waals surface area contributed by atoms with Gasteiger partial charge < -0.3 is 14.2 Å². The average Bonchev–Trinajstić information content (AvgIpc) is 3.01. The predicted octanol–water partition coefficient (Wildman–Crippen LogP) is 3.64. The smallest absolute Gasteiger partial charge is 0.264 e. The molecule has 2 aromatic carbocycles. The first-order valence-corrected chi connectivity index (χ1v) is 8.42. The van der Waals surface area contributed by atoms with Crippen molar-refractivity contribution in [1.29, 1.82) is 0 Å². The number of hydrogen-bond acceptors (Lipinski definition) is 6. The normalized spacial score (nSPS) is 10.5. The Hall–Kier alpha value is -2.80. The van der Waals surface area contributed by atoms with Crippen LogP contribution in [0, 0.1) is 6.92 Å². The van der Waals surface area contributed by atoms with E-state index in [1.807, 2.05) is 37.3 Å². The highest BCUT2D eigenvalue weighted by atomic mass is 32.1. The Labute approximate surface area is 149 Å². The zero-order valence-corrected chi connectivity index (χ0v) is 15.0. The number of anilines is 1. The van der Waals surface area contributed by atoms with Crippen molar-refractivity contribution in [2.24, 2.45) is 0 Å². The average molecular weight is 358 g/mol. The number of ether oxygens (including phenoxy) is 3. The molecule has 0 atom stereocenters. The summed E-state index contributed by atoms with van der Waals surface area (Å²) in [4.78, 5) is 16.5. The van der Waals surface area contributed by atoms with Crippen molar-refractivity contribution in [2.45, 2.75) is 6.92 Å². The second kappa shape index (κ2) is 7.40. The Morgan fingerprint density at radius 2 is 2.00 bits per heavy atom. The molecule has 0 spiro atoms. The summed E-state index contributed by atoms with van der Waals surface area (Å²) >= 11 is 1.35. The zero-order valence-electron chi connectivity index (χ0n) is 14.2. The molecule has 6 nitrogen and oxygen atoms in total. The summed E-state index contributed by atoms with van der Waals surface area (Å²) < 4.78 is 16.9. The van der Waals surface area contributed by atoms with Gasteiger partial charge in [0.05, 0.1) is 18.9 Å². The van der Waals surface area contributed by atoms with Crippen molar-refractivity contribution >= 4 is 32.6 Å². The molecule has 0 radical (unpaired) electrons. The van der Waals surface area contributed by atoms with Gasteiger partial charge in [-0.1, -0.05) is 23.5 Å². The highest BCUT2D eigenvalue weighted by molar-refractivity contribution is 7.22. The third kappa shape index (κ3) is 4.00. The highest BCUT2D eigenvalue weighted by Gasteiger charge is 2.13. The van der Waals surface area contributed by atoms with Crippen LogP contribution in [0.1, 0.15) is 5.56 Å². The minimum atomic E-state index is -0.272. The topological polar surface area (TPSA) is 69.7 Å². The number of nitrogens with one attached hydrogen (secondary N) is 1. The van der Waals surface area contributed by atoms with E-state index in [-0.39, 0.29) is 12.5 Å². The number of fused-ring (bicyclic) bond motifs is 1. The van der Waals surface area contributed by atoms with E-state index in [1.54, 1.807) is 20.3 Å². The van der Waals surface area contributed by atoms with Gasteiger partial charge >= 0.3 is 0 Å². The third-order valence-corrected chi connectivity index (χ3v) is 4.41. The van der Waals surface area contributed by atoms with Crippen LogP contribution < -0.4 is 19.5 Å². The van der Waals surface area contributed by atoms with Crippen LogP contribution in [0.3, 0.4) is 0 Å². The van der Waals surface area contributed by atoms with E-state index in [1.165, 1.54) is 11.3 Å². The molecule has 7 heteroatoms. The lowest BCUT2D eigenvalue weighted by Crippen LogP contribution is -2.20. The Morgan fingerprint density at radius 3 is 2.72 bits per heavy atom. The van der Waals surface area contributed by atoms with Gasteiger partial charge in [0.1, 0.15) is 22.8 Å². The van der Waals surface area contributed by atoms with Crippen molar-refractivity contribution in [1.82, 2.24) is 4.98 Å². The van der Waals surface area contributed by atoms with Crippen molar-refractivity contribution in [3.63, 3.8) is 0 Å². The molecule has 0 aliphatic carbocycles. The van der Waals surface area contributed by atoms with Gasteiger partial charge in [-0.15, -0.1) is 0 Å². The summed E-state index contributed by atoms with van der Waals surface area (Å²) in [5.74, 6) is 1.66. The summed E-state index contributed by atoms with van der Waals surface area (Å²) in [5.41, 5.74) is 1.76. The number of carbonyl (C=O) groups excluding carboxylic acids is 1. The van der Waals surface area contributed by atoms with Crippen molar-refractivity contribution in [3.8, 4) is 17.2 Å². The number of benzene rings is 2. The molecule has 0 saturated carbocycles. The molecular weight excluding hydrogens is 340 g/mol. The fraction of sp³-hybridized carbons (Fsp3) is 0.222. The first-order valence-electron chi connectivity index (χ1n) is 7.61. The molecule has 3 aromatic rings. The standard InChI is InChI=1S/C18H18N2O4S/c1-11-5-4-6-12(7-11)24-10-16(21)19-18-20-17-14(23-3)8-13(22-2)9-15(17)25-18/h4-9H,10H2,1-3H3,(H,19,20,21). The summed E-state index contributed by atoms with van der Waals surface area (Å²) in [6, 6.07) is 11.2. The molecule has 1 aromatic heterocycles. The fourth-order valence-corrected chi connectivity index (χ4v) is 3.24. The molecule has 1 heterocycles. The van der Waals surface area contributed by atoms with Crippen molar-refractivity contribution < 1.29 is 19.0 Å². The van der Waals surface area contributed by atoms with E-state index in [9.17, 15) is 4.79 Å². The molecule has 0 saturated heterocycles. The van der Waals surface area contributed by atoms with Gasteiger partial charge in [0.2, 0.25) is 0 Å². The number of rotatable bonds is 6. The van der Waals surface area contributed by atoms with Gasteiger partial charge in [0, 0.05) is 6.07 Å². The molecule has 0 fully saturated rings. The van der Waals surface area contributed by atoms with Gasteiger partial charge in [-0.05, 0) is 30.7 Å². The molecule has 0 aliphatic rings. The van der Waals surface area contributed by atoms with Gasteiger partial charge in [0.25, 0.3) is 5.91 Å². The Balaban J connectivity index is 1.70. The van der Waals surface area contributed by atoms with Crippen LogP contribution >= 0.6 is 11.3 Å². The highest BCUT2D eigenvalue weighted by Crippen LogP contribution is 2.36. The lowest BCUT2D eigenvalue weighted by atomic mass is 10.2. The Bertz CT molecular complexity index is 907. The second-order valence-electron chi connectivity index (χ2n) is 5.35. The van der Waals surface area contributed by atoms with E-state index in [0.717, 1.165) is 10.3 Å². The summed E-state index contributed by atoms with van der Waals surface area (Å²) in [5, 5.41) is 3.24. The Morgan fingerprint density at radius 1 is 1.16 bits per heavy atom. The number of hydrogen-bond donors (Lipinski definition) is 1. The van der Waals surface area contributed by atoms with E-state index in [2.05, 4.69) is 10.3 Å². The lowest BCUT2D eigenvalue weighted by Gasteiger charge is -2.06. The van der Waals surface area contributed by atoms with Crippen LogP contribution in [0.4, 0.5) is 5.13 Å². The number of methoxy groups -OCH3 is 2. The largest absolute Gasteiger partial charge is 0.497 e. The maximum Gasteiger partial charge on any atom is 0.264 e. The van der Waals surface area contributed by atoms with E-state index in [0.29, 0.717) is 27.9 Å². The first-order chi connectivity index (χ1) is 12.1. The van der Waals surface area contributed by atoms with E-state index >= 15 is 0 Å². The molecule has 1 amide bonds. The molecule has 25 heavy (non-hydrogen) atoms. The van der Waals surface area contributed by atoms with Crippen molar-refractivity contribution in [3.05, 3.63) is 42.0 Å². The number of aryl methyl sites for hydroxylation is 1. The Kier molecular flexibility index (Phi) is 5.04. The minimum absolute atomic E-state index is 0.0835. The molecular formula is C18H18N2O4S. The van der Waals surface area contributed by atoms with Crippen molar-refractivity contribution in [2.75, 3.05) is 26.1 Å². The van der Waals surface area contributed by atoms with E-state index in [4.69, 9.17) is 14.2 Å². The van der Waals surface area contributed by atoms with Crippen LogP contribution in [0.5, 0.6) is 17.2 Å². The van der Waals surface area contributed by atoms with Crippen LogP contribution in [0.2, 0.25) is 0 Å². The van der Waals surface area contributed by atoms with Crippen LogP contribution in [0.15, 0.2) is 36.4 Å². The van der Waals surface area contributed by atoms with Crippen LogP contribution in [0.25, 0.3) is 10.2 Å². The maximum atomic E-state index is 12.1. The van der Waals surface area contributed by atoms with Crippen LogP contribution in [-0.4, -0.2) is 31.7 Å². The summed E-state index contributed by atoms with van der Waals surface area (Å²) in [6.45, 7) is 1.88. The summed E-state index contributed by atoms with van der Waals surface area (Å²) in [7, 11) is 3.16. The van der Waals surface area contributed by atoms with Gasteiger partial charge in [-0.3, -0.25) is 10.1 Å². The first kappa shape index (κ1) is 17.0. The van der Waals surface area contributed by atoms with E-state index < -0.39 is 0 Å². The van der Waals surface area contributed by atoms with Gasteiger partial charge in [0.15, 0.2) is 11.7 Å². The zero-order chi connectivity index (χ0) is 17.8. The SMILES string of the molecule is COc1cc(OC)c2nc(NC(=O)COc3cccc(C)c3)sc2c1. The number of amides is 1. The number of carbonyl (C=O) groups is 1. The third-order valence-electron chi connectivity index (χ3n) is 3.49.